The van der Waals surface area contributed by atoms with E-state index in [2.05, 4.69) is 19.2 Å². The van der Waals surface area contributed by atoms with Gasteiger partial charge in [0.2, 0.25) is 0 Å². The summed E-state index contributed by atoms with van der Waals surface area (Å²) in [5.74, 6) is -0.439. The van der Waals surface area contributed by atoms with Crippen LogP contribution in [0.3, 0.4) is 0 Å². The van der Waals surface area contributed by atoms with Gasteiger partial charge in [0, 0.05) is 19.1 Å². The molecule has 5 heteroatoms. The maximum Gasteiger partial charge on any atom is 0.317 e. The number of hydrogen-bond donors (Lipinski definition) is 2. The average molecular weight is 300 g/mol. The minimum Gasteiger partial charge on any atom is -0.481 e. The maximum atomic E-state index is 12.3. The van der Waals surface area contributed by atoms with Crippen molar-refractivity contribution in [2.45, 2.75) is 66.8 Å². The van der Waals surface area contributed by atoms with Gasteiger partial charge >= 0.3 is 12.0 Å². The van der Waals surface area contributed by atoms with Crippen LogP contribution in [-0.2, 0) is 4.79 Å². The molecule has 0 aromatic rings. The highest BCUT2D eigenvalue weighted by atomic mass is 16.4. The second-order valence-corrected chi connectivity index (χ2v) is 7.06. The molecule has 0 spiro atoms. The molecule has 124 valence electrons. The van der Waals surface area contributed by atoms with Crippen molar-refractivity contribution in [1.82, 2.24) is 10.2 Å². The van der Waals surface area contributed by atoms with Gasteiger partial charge in [0.05, 0.1) is 6.42 Å². The molecule has 0 heterocycles. The van der Waals surface area contributed by atoms with E-state index in [9.17, 15) is 9.59 Å². The van der Waals surface area contributed by atoms with Gasteiger partial charge in [0.1, 0.15) is 0 Å². The van der Waals surface area contributed by atoms with Crippen molar-refractivity contribution in [2.75, 3.05) is 13.1 Å². The summed E-state index contributed by atoms with van der Waals surface area (Å²) in [5.41, 5.74) is -0.0266. The van der Waals surface area contributed by atoms with Crippen molar-refractivity contribution in [3.05, 3.63) is 0 Å². The van der Waals surface area contributed by atoms with Crippen LogP contribution in [-0.4, -0.2) is 41.1 Å². The zero-order chi connectivity index (χ0) is 16.6. The van der Waals surface area contributed by atoms with Crippen LogP contribution in [0.15, 0.2) is 0 Å². The molecule has 5 nitrogen and oxygen atoms in total. The minimum absolute atomic E-state index is 0.0266. The highest BCUT2D eigenvalue weighted by Gasteiger charge is 2.24. The maximum absolute atomic E-state index is 12.3. The van der Waals surface area contributed by atoms with Crippen molar-refractivity contribution in [1.29, 1.82) is 0 Å². The van der Waals surface area contributed by atoms with Gasteiger partial charge in [-0.1, -0.05) is 41.0 Å². The Balaban J connectivity index is 4.72. The molecule has 21 heavy (non-hydrogen) atoms. The molecule has 0 saturated carbocycles. The monoisotopic (exact) mass is 300 g/mol. The van der Waals surface area contributed by atoms with Gasteiger partial charge in [-0.3, -0.25) is 4.79 Å². The van der Waals surface area contributed by atoms with Gasteiger partial charge in [0.15, 0.2) is 0 Å². The molecular formula is C16H32N2O3. The average Bonchev–Trinajstić information content (AvgIpc) is 2.32. The Labute approximate surface area is 129 Å². The van der Waals surface area contributed by atoms with E-state index in [0.29, 0.717) is 25.4 Å². The summed E-state index contributed by atoms with van der Waals surface area (Å²) in [5, 5.41) is 11.9. The van der Waals surface area contributed by atoms with Crippen molar-refractivity contribution < 1.29 is 14.7 Å². The number of carbonyl (C=O) groups excluding carboxylic acids is 1. The third-order valence-corrected chi connectivity index (χ3v) is 3.51. The van der Waals surface area contributed by atoms with E-state index in [1.165, 1.54) is 0 Å². The van der Waals surface area contributed by atoms with E-state index >= 15 is 0 Å². The quantitative estimate of drug-likeness (QED) is 0.722. The molecule has 0 rings (SSSR count). The summed E-state index contributed by atoms with van der Waals surface area (Å²) in [4.78, 5) is 25.1. The molecule has 0 aromatic carbocycles. The van der Waals surface area contributed by atoms with E-state index in [0.717, 1.165) is 6.42 Å². The fourth-order valence-electron chi connectivity index (χ4n) is 2.25. The normalized spacial score (nSPS) is 14.4. The number of amides is 2. The van der Waals surface area contributed by atoms with Crippen molar-refractivity contribution in [3.63, 3.8) is 0 Å². The first-order chi connectivity index (χ1) is 9.58. The van der Waals surface area contributed by atoms with Crippen LogP contribution in [0.25, 0.3) is 0 Å². The number of aliphatic carboxylic acids is 1. The Kier molecular flexibility index (Phi) is 8.37. The van der Waals surface area contributed by atoms with Gasteiger partial charge in [-0.15, -0.1) is 0 Å². The van der Waals surface area contributed by atoms with Crippen LogP contribution in [0, 0.1) is 11.3 Å². The minimum atomic E-state index is -0.880. The Morgan fingerprint density at radius 2 is 1.81 bits per heavy atom. The largest absolute Gasteiger partial charge is 0.481 e. The summed E-state index contributed by atoms with van der Waals surface area (Å²) in [7, 11) is 0. The van der Waals surface area contributed by atoms with Crippen LogP contribution in [0.5, 0.6) is 0 Å². The van der Waals surface area contributed by atoms with Gasteiger partial charge in [-0.05, 0) is 24.7 Å². The van der Waals surface area contributed by atoms with E-state index in [-0.39, 0.29) is 23.9 Å². The summed E-state index contributed by atoms with van der Waals surface area (Å²) in [6.45, 7) is 13.6. The molecule has 2 atom stereocenters. The molecular weight excluding hydrogens is 268 g/mol. The molecule has 0 fully saturated rings. The molecule has 0 aromatic heterocycles. The number of hydrogen-bond acceptors (Lipinski definition) is 2. The number of nitrogens with zero attached hydrogens (tertiary/aromatic N) is 1. The predicted molar refractivity (Wildman–Crippen MR) is 85.3 cm³/mol. The molecule has 0 aliphatic rings. The predicted octanol–water partition coefficient (Wildman–Crippen LogP) is 3.34. The van der Waals surface area contributed by atoms with Crippen LogP contribution < -0.4 is 5.32 Å². The van der Waals surface area contributed by atoms with Gasteiger partial charge < -0.3 is 15.3 Å². The number of urea groups is 1. The lowest BCUT2D eigenvalue weighted by atomic mass is 9.87. The molecule has 0 aliphatic carbocycles. The van der Waals surface area contributed by atoms with Crippen molar-refractivity contribution in [2.24, 2.45) is 11.3 Å². The molecule has 2 unspecified atom stereocenters. The highest BCUT2D eigenvalue weighted by Crippen LogP contribution is 2.22. The molecule has 0 bridgehead atoms. The first-order valence-electron chi connectivity index (χ1n) is 7.86. The van der Waals surface area contributed by atoms with Gasteiger partial charge in [0.25, 0.3) is 0 Å². The summed E-state index contributed by atoms with van der Waals surface area (Å²) < 4.78 is 0. The van der Waals surface area contributed by atoms with Crippen molar-refractivity contribution >= 4 is 12.0 Å². The summed E-state index contributed by atoms with van der Waals surface area (Å²) >= 11 is 0. The lowest BCUT2D eigenvalue weighted by molar-refractivity contribution is -0.137. The Morgan fingerprint density at radius 1 is 1.24 bits per heavy atom. The number of carboxylic acids is 1. The van der Waals surface area contributed by atoms with E-state index in [4.69, 9.17) is 5.11 Å². The van der Waals surface area contributed by atoms with E-state index in [1.54, 1.807) is 4.90 Å². The topological polar surface area (TPSA) is 69.6 Å². The SMILES string of the molecule is CCC(C)CN(CC)C(=O)NC(CC(=O)O)CC(C)(C)C. The summed E-state index contributed by atoms with van der Waals surface area (Å²) in [6.07, 6.45) is 1.63. The second-order valence-electron chi connectivity index (χ2n) is 7.06. The highest BCUT2D eigenvalue weighted by molar-refractivity contribution is 5.76. The number of carbonyl (C=O) groups is 2. The van der Waals surface area contributed by atoms with E-state index in [1.807, 2.05) is 27.7 Å². The third kappa shape index (κ3) is 9.32. The second kappa shape index (κ2) is 8.90. The molecule has 2 amide bonds. The van der Waals surface area contributed by atoms with Crippen LogP contribution in [0.4, 0.5) is 4.79 Å². The summed E-state index contributed by atoms with van der Waals surface area (Å²) in [6, 6.07) is -0.491. The van der Waals surface area contributed by atoms with Gasteiger partial charge in [-0.25, -0.2) is 4.79 Å². The number of rotatable bonds is 8. The van der Waals surface area contributed by atoms with Gasteiger partial charge in [-0.2, -0.15) is 0 Å². The number of nitrogens with one attached hydrogen (secondary N) is 1. The molecule has 0 radical (unpaired) electrons. The Morgan fingerprint density at radius 3 is 2.19 bits per heavy atom. The first-order valence-corrected chi connectivity index (χ1v) is 7.86. The Hall–Kier alpha value is -1.26. The first kappa shape index (κ1) is 19.7. The lowest BCUT2D eigenvalue weighted by Crippen LogP contribution is -2.47. The van der Waals surface area contributed by atoms with E-state index < -0.39 is 5.97 Å². The molecule has 0 saturated heterocycles. The van der Waals surface area contributed by atoms with Crippen LogP contribution >= 0.6 is 0 Å². The third-order valence-electron chi connectivity index (χ3n) is 3.51. The van der Waals surface area contributed by atoms with Crippen molar-refractivity contribution in [3.8, 4) is 0 Å². The van der Waals surface area contributed by atoms with Crippen LogP contribution in [0.1, 0.15) is 60.8 Å². The molecule has 0 aliphatic heterocycles. The lowest BCUT2D eigenvalue weighted by Gasteiger charge is -2.30. The van der Waals surface area contributed by atoms with Crippen LogP contribution in [0.2, 0.25) is 0 Å². The Bertz CT molecular complexity index is 337. The zero-order valence-corrected chi connectivity index (χ0v) is 14.4. The fraction of sp³-hybridized carbons (Fsp3) is 0.875. The fourth-order valence-corrected chi connectivity index (χ4v) is 2.25. The zero-order valence-electron chi connectivity index (χ0n) is 14.4. The molecule has 2 N–H and O–H groups in total. The number of carboxylic acid groups (broad SMARTS) is 1. The standard InChI is InChI=1S/C16H32N2O3/c1-7-12(3)11-18(8-2)15(21)17-13(9-14(19)20)10-16(4,5)6/h12-13H,7-11H2,1-6H3,(H,17,21)(H,19,20). The smallest absolute Gasteiger partial charge is 0.317 e.